The lowest BCUT2D eigenvalue weighted by Crippen LogP contribution is -1.88. The molecule has 1 heterocycles. The Kier molecular flexibility index (Phi) is 1.93. The molecule has 0 aliphatic rings. The molecule has 0 saturated heterocycles. The molecule has 66 valence electrons. The van der Waals surface area contributed by atoms with Crippen LogP contribution in [-0.4, -0.2) is 9.97 Å². The van der Waals surface area contributed by atoms with Crippen molar-refractivity contribution in [3.63, 3.8) is 0 Å². The molecule has 0 saturated carbocycles. The Morgan fingerprint density at radius 1 is 1.15 bits per heavy atom. The first kappa shape index (κ1) is 8.45. The molecule has 1 aromatic carbocycles. The largest absolute Gasteiger partial charge is 0.236 e. The Morgan fingerprint density at radius 2 is 1.92 bits per heavy atom. The third-order valence-electron chi connectivity index (χ3n) is 2.02. The van der Waals surface area contributed by atoms with Crippen molar-refractivity contribution in [3.8, 4) is 0 Å². The zero-order chi connectivity index (χ0) is 9.42. The topological polar surface area (TPSA) is 25.8 Å². The van der Waals surface area contributed by atoms with Crippen molar-refractivity contribution in [2.75, 3.05) is 0 Å². The predicted octanol–water partition coefficient (Wildman–Crippen LogP) is 2.90. The second kappa shape index (κ2) is 2.96. The molecule has 0 amide bonds. The lowest BCUT2D eigenvalue weighted by Gasteiger charge is -2.03. The maximum absolute atomic E-state index is 5.95. The van der Waals surface area contributed by atoms with Crippen LogP contribution in [0.2, 0.25) is 5.15 Å². The highest BCUT2D eigenvalue weighted by atomic mass is 35.5. The van der Waals surface area contributed by atoms with Crippen LogP contribution in [0, 0.1) is 13.8 Å². The Morgan fingerprint density at radius 3 is 2.69 bits per heavy atom. The van der Waals surface area contributed by atoms with Crippen LogP contribution < -0.4 is 0 Å². The molecule has 0 atom stereocenters. The van der Waals surface area contributed by atoms with E-state index in [1.807, 2.05) is 19.9 Å². The molecular formula is C10H9ClN2. The zero-order valence-corrected chi connectivity index (χ0v) is 8.26. The van der Waals surface area contributed by atoms with Crippen molar-refractivity contribution >= 4 is 22.5 Å². The van der Waals surface area contributed by atoms with Gasteiger partial charge in [-0.15, -0.1) is 0 Å². The number of aromatic nitrogens is 2. The standard InChI is InChI=1S/C10H9ClN2/c1-6-3-7(2)9-8(4-6)10(11)13-5-12-9/h3-5H,1-2H3. The highest BCUT2D eigenvalue weighted by molar-refractivity contribution is 6.34. The summed E-state index contributed by atoms with van der Waals surface area (Å²) < 4.78 is 0. The van der Waals surface area contributed by atoms with Crippen molar-refractivity contribution in [2.45, 2.75) is 13.8 Å². The van der Waals surface area contributed by atoms with Crippen LogP contribution in [0.25, 0.3) is 10.9 Å². The van der Waals surface area contributed by atoms with Crippen LogP contribution in [0.5, 0.6) is 0 Å². The van der Waals surface area contributed by atoms with Gasteiger partial charge in [0.2, 0.25) is 0 Å². The summed E-state index contributed by atoms with van der Waals surface area (Å²) in [6, 6.07) is 4.09. The van der Waals surface area contributed by atoms with Crippen LogP contribution in [0.4, 0.5) is 0 Å². The summed E-state index contributed by atoms with van der Waals surface area (Å²) in [6.07, 6.45) is 1.49. The molecule has 0 N–H and O–H groups in total. The molecule has 2 rings (SSSR count). The van der Waals surface area contributed by atoms with E-state index in [4.69, 9.17) is 11.6 Å². The van der Waals surface area contributed by atoms with Crippen molar-refractivity contribution < 1.29 is 0 Å². The monoisotopic (exact) mass is 192 g/mol. The molecule has 13 heavy (non-hydrogen) atoms. The van der Waals surface area contributed by atoms with Crippen LogP contribution in [0.15, 0.2) is 18.5 Å². The molecule has 0 unspecified atom stereocenters. The van der Waals surface area contributed by atoms with Gasteiger partial charge in [0.25, 0.3) is 0 Å². The van der Waals surface area contributed by atoms with E-state index in [2.05, 4.69) is 16.0 Å². The maximum atomic E-state index is 5.95. The molecule has 1 aromatic heterocycles. The van der Waals surface area contributed by atoms with Gasteiger partial charge in [-0.3, -0.25) is 0 Å². The second-order valence-corrected chi connectivity index (χ2v) is 3.50. The van der Waals surface area contributed by atoms with E-state index in [1.54, 1.807) is 0 Å². The highest BCUT2D eigenvalue weighted by Crippen LogP contribution is 2.23. The van der Waals surface area contributed by atoms with Crippen molar-refractivity contribution in [1.82, 2.24) is 9.97 Å². The minimum atomic E-state index is 0.525. The fourth-order valence-corrected chi connectivity index (χ4v) is 1.68. The smallest absolute Gasteiger partial charge is 0.140 e. The fourth-order valence-electron chi connectivity index (χ4n) is 1.50. The lowest BCUT2D eigenvalue weighted by molar-refractivity contribution is 1.21. The van der Waals surface area contributed by atoms with Gasteiger partial charge in [0.05, 0.1) is 5.52 Å². The molecule has 3 heteroatoms. The number of aryl methyl sites for hydroxylation is 2. The van der Waals surface area contributed by atoms with Crippen molar-refractivity contribution in [3.05, 3.63) is 34.7 Å². The minimum absolute atomic E-state index is 0.525. The number of rotatable bonds is 0. The zero-order valence-electron chi connectivity index (χ0n) is 7.50. The van der Waals surface area contributed by atoms with Crippen LogP contribution in [-0.2, 0) is 0 Å². The van der Waals surface area contributed by atoms with Crippen LogP contribution >= 0.6 is 11.6 Å². The van der Waals surface area contributed by atoms with E-state index in [0.717, 1.165) is 16.5 Å². The van der Waals surface area contributed by atoms with Crippen LogP contribution in [0.3, 0.4) is 0 Å². The third-order valence-corrected chi connectivity index (χ3v) is 2.33. The number of fused-ring (bicyclic) bond motifs is 1. The SMILES string of the molecule is Cc1cc(C)c2ncnc(Cl)c2c1. The molecule has 0 radical (unpaired) electrons. The quantitative estimate of drug-likeness (QED) is 0.600. The number of halogens is 1. The Labute approximate surface area is 81.6 Å². The van der Waals surface area contributed by atoms with Gasteiger partial charge < -0.3 is 0 Å². The maximum Gasteiger partial charge on any atom is 0.140 e. The first-order valence-electron chi connectivity index (χ1n) is 4.06. The summed E-state index contributed by atoms with van der Waals surface area (Å²) in [5.74, 6) is 0. The third kappa shape index (κ3) is 1.38. The normalized spacial score (nSPS) is 10.7. The summed E-state index contributed by atoms with van der Waals surface area (Å²) in [7, 11) is 0. The Balaban J connectivity index is 2.94. The molecule has 2 nitrogen and oxygen atoms in total. The fraction of sp³-hybridized carbons (Fsp3) is 0.200. The van der Waals surface area contributed by atoms with Crippen molar-refractivity contribution in [2.24, 2.45) is 0 Å². The minimum Gasteiger partial charge on any atom is -0.236 e. The lowest BCUT2D eigenvalue weighted by atomic mass is 10.1. The molecule has 0 bridgehead atoms. The Bertz CT molecular complexity index is 466. The summed E-state index contributed by atoms with van der Waals surface area (Å²) in [6.45, 7) is 4.06. The molecular weight excluding hydrogens is 184 g/mol. The van der Waals surface area contributed by atoms with Gasteiger partial charge in [0.1, 0.15) is 11.5 Å². The Hall–Kier alpha value is -1.15. The van der Waals surface area contributed by atoms with E-state index in [0.29, 0.717) is 5.15 Å². The van der Waals surface area contributed by atoms with Gasteiger partial charge in [-0.2, -0.15) is 0 Å². The van der Waals surface area contributed by atoms with Crippen molar-refractivity contribution in [1.29, 1.82) is 0 Å². The molecule has 0 aliphatic carbocycles. The van der Waals surface area contributed by atoms with Gasteiger partial charge in [-0.1, -0.05) is 23.2 Å². The molecule has 0 spiro atoms. The summed E-state index contributed by atoms with van der Waals surface area (Å²) in [5.41, 5.74) is 3.26. The number of benzene rings is 1. The summed E-state index contributed by atoms with van der Waals surface area (Å²) in [5, 5.41) is 1.46. The van der Waals surface area contributed by atoms with Gasteiger partial charge in [0, 0.05) is 5.39 Å². The van der Waals surface area contributed by atoms with Gasteiger partial charge >= 0.3 is 0 Å². The average molecular weight is 193 g/mol. The molecule has 2 aromatic rings. The van der Waals surface area contributed by atoms with E-state index in [-0.39, 0.29) is 0 Å². The first-order valence-corrected chi connectivity index (χ1v) is 4.44. The van der Waals surface area contributed by atoms with E-state index in [9.17, 15) is 0 Å². The van der Waals surface area contributed by atoms with E-state index >= 15 is 0 Å². The molecule has 0 aliphatic heterocycles. The van der Waals surface area contributed by atoms with Gasteiger partial charge in [0.15, 0.2) is 0 Å². The highest BCUT2D eigenvalue weighted by Gasteiger charge is 2.03. The number of nitrogens with zero attached hydrogens (tertiary/aromatic N) is 2. The van der Waals surface area contributed by atoms with Gasteiger partial charge in [-0.05, 0) is 25.5 Å². The van der Waals surface area contributed by atoms with E-state index in [1.165, 1.54) is 11.9 Å². The average Bonchev–Trinajstić information content (AvgIpc) is 2.07. The number of hydrogen-bond acceptors (Lipinski definition) is 2. The summed E-state index contributed by atoms with van der Waals surface area (Å²) in [4.78, 5) is 8.13. The number of hydrogen-bond donors (Lipinski definition) is 0. The van der Waals surface area contributed by atoms with Gasteiger partial charge in [-0.25, -0.2) is 9.97 Å². The second-order valence-electron chi connectivity index (χ2n) is 3.14. The van der Waals surface area contributed by atoms with E-state index < -0.39 is 0 Å². The first-order chi connectivity index (χ1) is 6.18. The van der Waals surface area contributed by atoms with Crippen LogP contribution in [0.1, 0.15) is 11.1 Å². The summed E-state index contributed by atoms with van der Waals surface area (Å²) >= 11 is 5.95. The predicted molar refractivity (Wildman–Crippen MR) is 54.0 cm³/mol. The molecule has 0 fully saturated rings.